The number of amides is 2. The second-order valence-electron chi connectivity index (χ2n) is 7.54. The predicted octanol–water partition coefficient (Wildman–Crippen LogP) is 2.58. The lowest BCUT2D eigenvalue weighted by Gasteiger charge is -2.18. The van der Waals surface area contributed by atoms with Crippen LogP contribution in [0.25, 0.3) is 0 Å². The number of nitrogens with two attached hydrogens (primary N) is 1. The summed E-state index contributed by atoms with van der Waals surface area (Å²) in [6, 6.07) is 3.45. The molecule has 2 rings (SSSR count). The van der Waals surface area contributed by atoms with E-state index in [1.54, 1.807) is 31.6 Å². The number of rotatable bonds is 14. The van der Waals surface area contributed by atoms with Crippen LogP contribution in [0.15, 0.2) is 77.4 Å². The van der Waals surface area contributed by atoms with Gasteiger partial charge in [-0.2, -0.15) is 0 Å². The highest BCUT2D eigenvalue weighted by molar-refractivity contribution is 7.97. The van der Waals surface area contributed by atoms with Crippen LogP contribution in [0.1, 0.15) is 31.7 Å². The van der Waals surface area contributed by atoms with E-state index in [1.165, 1.54) is 17.5 Å². The van der Waals surface area contributed by atoms with Crippen molar-refractivity contribution in [1.29, 1.82) is 0 Å². The Morgan fingerprint density at radius 2 is 2.09 bits per heavy atom. The molecule has 0 aromatic carbocycles. The number of nitrogens with one attached hydrogen (secondary N) is 3. The molecule has 182 valence electrons. The SMILES string of the molecule is C/C=C(N)\N=C/CCNC(=O)CNC(=O)C(CCc1ccncc1)NSCC1=CCC=CC=C1. The number of allylic oxidation sites excluding steroid dienone is 6. The first kappa shape index (κ1) is 27.1. The van der Waals surface area contributed by atoms with Crippen molar-refractivity contribution >= 4 is 30.0 Å². The molecule has 5 N–H and O–H groups in total. The molecule has 1 heterocycles. The van der Waals surface area contributed by atoms with Crippen LogP contribution in [0.5, 0.6) is 0 Å². The highest BCUT2D eigenvalue weighted by Gasteiger charge is 2.19. The van der Waals surface area contributed by atoms with Gasteiger partial charge < -0.3 is 16.4 Å². The fraction of sp³-hybridized carbons (Fsp3) is 0.360. The van der Waals surface area contributed by atoms with Gasteiger partial charge in [0.15, 0.2) is 0 Å². The van der Waals surface area contributed by atoms with E-state index in [1.807, 2.05) is 24.3 Å². The number of aromatic nitrogens is 1. The van der Waals surface area contributed by atoms with E-state index in [4.69, 9.17) is 5.73 Å². The first-order valence-electron chi connectivity index (χ1n) is 11.4. The molecule has 1 atom stereocenters. The minimum Gasteiger partial charge on any atom is -0.384 e. The van der Waals surface area contributed by atoms with Crippen molar-refractivity contribution in [1.82, 2.24) is 20.3 Å². The average Bonchev–Trinajstić information content (AvgIpc) is 3.13. The van der Waals surface area contributed by atoms with Crippen LogP contribution in [-0.2, 0) is 16.0 Å². The molecule has 0 aliphatic heterocycles. The Bertz CT molecular complexity index is 925. The minimum atomic E-state index is -0.435. The van der Waals surface area contributed by atoms with Gasteiger partial charge in [0.2, 0.25) is 11.8 Å². The van der Waals surface area contributed by atoms with Gasteiger partial charge in [-0.05, 0) is 55.5 Å². The number of hydrogen-bond donors (Lipinski definition) is 4. The van der Waals surface area contributed by atoms with Gasteiger partial charge in [0.1, 0.15) is 5.82 Å². The summed E-state index contributed by atoms with van der Waals surface area (Å²) in [6.07, 6.45) is 20.0. The van der Waals surface area contributed by atoms with Crippen molar-refractivity contribution in [3.63, 3.8) is 0 Å². The zero-order valence-electron chi connectivity index (χ0n) is 19.6. The Morgan fingerprint density at radius 1 is 1.26 bits per heavy atom. The third kappa shape index (κ3) is 11.6. The fourth-order valence-electron chi connectivity index (χ4n) is 2.93. The second-order valence-corrected chi connectivity index (χ2v) is 8.35. The molecule has 34 heavy (non-hydrogen) atoms. The van der Waals surface area contributed by atoms with Gasteiger partial charge in [0.25, 0.3) is 0 Å². The van der Waals surface area contributed by atoms with Crippen molar-refractivity contribution in [3.8, 4) is 0 Å². The van der Waals surface area contributed by atoms with Crippen molar-refractivity contribution in [3.05, 3.63) is 77.9 Å². The molecule has 0 fully saturated rings. The predicted molar refractivity (Wildman–Crippen MR) is 140 cm³/mol. The fourth-order valence-corrected chi connectivity index (χ4v) is 3.82. The third-order valence-corrected chi connectivity index (χ3v) is 5.81. The molecule has 0 spiro atoms. The molecule has 1 unspecified atom stereocenters. The molecule has 8 nitrogen and oxygen atoms in total. The summed E-state index contributed by atoms with van der Waals surface area (Å²) >= 11 is 1.50. The molecule has 0 radical (unpaired) electrons. The zero-order valence-corrected chi connectivity index (χ0v) is 20.4. The number of carbonyl (C=O) groups excluding carboxylic acids is 2. The molecule has 1 aliphatic carbocycles. The van der Waals surface area contributed by atoms with Crippen molar-refractivity contribution < 1.29 is 9.59 Å². The topological polar surface area (TPSA) is 121 Å². The molecule has 2 amide bonds. The van der Waals surface area contributed by atoms with E-state index in [0.717, 1.165) is 24.2 Å². The van der Waals surface area contributed by atoms with Gasteiger partial charge >= 0.3 is 0 Å². The summed E-state index contributed by atoms with van der Waals surface area (Å²) in [5.41, 5.74) is 7.89. The van der Waals surface area contributed by atoms with Crippen LogP contribution in [0, 0.1) is 0 Å². The van der Waals surface area contributed by atoms with Crippen molar-refractivity contribution in [2.45, 2.75) is 38.6 Å². The Kier molecular flexibility index (Phi) is 13.1. The van der Waals surface area contributed by atoms with Gasteiger partial charge in [-0.1, -0.05) is 42.3 Å². The number of nitrogens with zero attached hydrogens (tertiary/aromatic N) is 2. The molecular formula is C25H34N6O2S. The molecule has 9 heteroatoms. The highest BCUT2D eigenvalue weighted by Crippen LogP contribution is 2.13. The smallest absolute Gasteiger partial charge is 0.239 e. The van der Waals surface area contributed by atoms with Crippen LogP contribution in [0.3, 0.4) is 0 Å². The van der Waals surface area contributed by atoms with E-state index in [2.05, 4.69) is 43.6 Å². The monoisotopic (exact) mass is 482 g/mol. The summed E-state index contributed by atoms with van der Waals surface area (Å²) in [5.74, 6) is 0.732. The number of carbonyl (C=O) groups is 2. The number of pyridine rings is 1. The first-order valence-corrected chi connectivity index (χ1v) is 12.3. The van der Waals surface area contributed by atoms with Crippen molar-refractivity contribution in [2.24, 2.45) is 10.7 Å². The number of aliphatic imine (C=N–C) groups is 1. The zero-order chi connectivity index (χ0) is 24.4. The van der Waals surface area contributed by atoms with E-state index >= 15 is 0 Å². The summed E-state index contributed by atoms with van der Waals surface area (Å²) in [6.45, 7) is 2.15. The Morgan fingerprint density at radius 3 is 2.88 bits per heavy atom. The molecule has 1 aromatic rings. The van der Waals surface area contributed by atoms with Crippen LogP contribution in [-0.4, -0.2) is 47.9 Å². The van der Waals surface area contributed by atoms with Crippen molar-refractivity contribution in [2.75, 3.05) is 18.8 Å². The average molecular weight is 483 g/mol. The van der Waals surface area contributed by atoms with Gasteiger partial charge in [0.05, 0.1) is 12.6 Å². The van der Waals surface area contributed by atoms with Crippen LogP contribution in [0.2, 0.25) is 0 Å². The molecule has 0 saturated carbocycles. The lowest BCUT2D eigenvalue weighted by molar-refractivity contribution is -0.127. The maximum atomic E-state index is 12.8. The lowest BCUT2D eigenvalue weighted by Crippen LogP contribution is -2.46. The summed E-state index contributed by atoms with van der Waals surface area (Å²) < 4.78 is 3.28. The number of hydrogen-bond acceptors (Lipinski definition) is 7. The maximum Gasteiger partial charge on any atom is 0.239 e. The molecule has 0 bridgehead atoms. The summed E-state index contributed by atoms with van der Waals surface area (Å²) in [4.78, 5) is 33.0. The van der Waals surface area contributed by atoms with Gasteiger partial charge in [0, 0.05) is 37.3 Å². The van der Waals surface area contributed by atoms with Crippen LogP contribution >= 0.6 is 11.9 Å². The van der Waals surface area contributed by atoms with E-state index in [9.17, 15) is 9.59 Å². The summed E-state index contributed by atoms with van der Waals surface area (Å²) in [5, 5.41) is 5.50. The van der Waals surface area contributed by atoms with Crippen LogP contribution < -0.4 is 21.1 Å². The third-order valence-electron chi connectivity index (χ3n) is 4.88. The lowest BCUT2D eigenvalue weighted by atomic mass is 10.1. The molecular weight excluding hydrogens is 448 g/mol. The molecule has 1 aliphatic rings. The quantitative estimate of drug-likeness (QED) is 0.184. The summed E-state index contributed by atoms with van der Waals surface area (Å²) in [7, 11) is 0. The standard InChI is InChI=1S/C25H34N6O2S/c1-2-23(26)28-14-7-15-29-24(32)18-30-25(33)22(11-10-20-12-16-27-17-13-20)31-34-19-21-8-5-3-4-6-9-21/h2-5,8-9,12-14,16-17,22,31H,6-7,10-11,15,18-19,26H2,1H3,(H,29,32)(H,30,33)/b23-2-,28-14-. The van der Waals surface area contributed by atoms with Gasteiger partial charge in [-0.15, -0.1) is 0 Å². The maximum absolute atomic E-state index is 12.8. The van der Waals surface area contributed by atoms with E-state index in [0.29, 0.717) is 25.2 Å². The minimum absolute atomic E-state index is 0.0787. The van der Waals surface area contributed by atoms with Gasteiger partial charge in [-0.25, -0.2) is 4.99 Å². The molecule has 0 saturated heterocycles. The van der Waals surface area contributed by atoms with Crippen LogP contribution in [0.4, 0.5) is 0 Å². The Labute approximate surface area is 206 Å². The largest absolute Gasteiger partial charge is 0.384 e. The number of aryl methyl sites for hydroxylation is 1. The van der Waals surface area contributed by atoms with E-state index < -0.39 is 6.04 Å². The van der Waals surface area contributed by atoms with E-state index in [-0.39, 0.29) is 18.4 Å². The van der Waals surface area contributed by atoms with Gasteiger partial charge in [-0.3, -0.25) is 19.3 Å². The molecule has 1 aromatic heterocycles. The second kappa shape index (κ2) is 16.4. The Hall–Kier alpha value is -3.17. The normalized spacial score (nSPS) is 14.5. The Balaban J connectivity index is 1.80. The first-order chi connectivity index (χ1) is 16.6. The highest BCUT2D eigenvalue weighted by atomic mass is 32.2.